The molecule has 1 spiro atoms. The van der Waals surface area contributed by atoms with Crippen molar-refractivity contribution in [3.63, 3.8) is 0 Å². The van der Waals surface area contributed by atoms with E-state index < -0.39 is 11.0 Å². The topological polar surface area (TPSA) is 66.8 Å². The molecule has 5 fully saturated rings. The SMILES string of the molecule is C[C@]12CCC[C@@]3(CO)C(=O)O[C@@H](C[C@@]45C[C@@H](CC[C@H]41)[C@](C)(O)C5)[C@H]32. The molecule has 4 heteroatoms. The van der Waals surface area contributed by atoms with Crippen molar-refractivity contribution >= 4 is 5.97 Å². The molecule has 0 aromatic heterocycles. The molecule has 4 aliphatic carbocycles. The van der Waals surface area contributed by atoms with E-state index in [2.05, 4.69) is 6.92 Å². The molecule has 134 valence electrons. The van der Waals surface area contributed by atoms with Crippen molar-refractivity contribution in [2.45, 2.75) is 76.9 Å². The van der Waals surface area contributed by atoms with Gasteiger partial charge in [0.25, 0.3) is 0 Å². The number of rotatable bonds is 1. The van der Waals surface area contributed by atoms with Crippen molar-refractivity contribution < 1.29 is 19.7 Å². The highest BCUT2D eigenvalue weighted by Gasteiger charge is 2.74. The molecule has 0 unspecified atom stereocenters. The van der Waals surface area contributed by atoms with E-state index in [-0.39, 0.29) is 35.4 Å². The first-order valence-electron chi connectivity index (χ1n) is 9.82. The van der Waals surface area contributed by atoms with Gasteiger partial charge in [0.15, 0.2) is 0 Å². The fourth-order valence-electron chi connectivity index (χ4n) is 8.57. The average molecular weight is 334 g/mol. The van der Waals surface area contributed by atoms with Crippen LogP contribution in [0.5, 0.6) is 0 Å². The summed E-state index contributed by atoms with van der Waals surface area (Å²) in [4.78, 5) is 12.8. The smallest absolute Gasteiger partial charge is 0.315 e. The minimum absolute atomic E-state index is 0.0566. The Bertz CT molecular complexity index is 600. The van der Waals surface area contributed by atoms with Gasteiger partial charge in [-0.2, -0.15) is 0 Å². The summed E-state index contributed by atoms with van der Waals surface area (Å²) in [5.41, 5.74) is -1.03. The van der Waals surface area contributed by atoms with E-state index in [1.54, 1.807) is 0 Å². The Labute approximate surface area is 144 Å². The zero-order valence-corrected chi connectivity index (χ0v) is 14.9. The van der Waals surface area contributed by atoms with Crippen LogP contribution in [0.3, 0.4) is 0 Å². The monoisotopic (exact) mass is 334 g/mol. The van der Waals surface area contributed by atoms with Crippen LogP contribution in [-0.2, 0) is 9.53 Å². The van der Waals surface area contributed by atoms with Crippen LogP contribution in [0, 0.1) is 34.0 Å². The number of fused-ring (bicyclic) bond motifs is 2. The van der Waals surface area contributed by atoms with Gasteiger partial charge < -0.3 is 14.9 Å². The number of carbonyl (C=O) groups excluding carboxylic acids is 1. The van der Waals surface area contributed by atoms with Crippen LogP contribution in [0.2, 0.25) is 0 Å². The summed E-state index contributed by atoms with van der Waals surface area (Å²) < 4.78 is 5.92. The maximum atomic E-state index is 12.8. The normalized spacial score (nSPS) is 61.2. The second-order valence-electron chi connectivity index (χ2n) is 10.2. The molecule has 0 amide bonds. The summed E-state index contributed by atoms with van der Waals surface area (Å²) >= 11 is 0. The van der Waals surface area contributed by atoms with Crippen LogP contribution >= 0.6 is 0 Å². The summed E-state index contributed by atoms with van der Waals surface area (Å²) in [6.45, 7) is 4.32. The second-order valence-corrected chi connectivity index (χ2v) is 10.2. The van der Waals surface area contributed by atoms with E-state index >= 15 is 0 Å². The number of hydrogen-bond acceptors (Lipinski definition) is 4. The van der Waals surface area contributed by atoms with Crippen LogP contribution in [0.1, 0.15) is 65.2 Å². The minimum atomic E-state index is -0.656. The minimum Gasteiger partial charge on any atom is -0.461 e. The predicted molar refractivity (Wildman–Crippen MR) is 88.0 cm³/mol. The highest BCUT2D eigenvalue weighted by atomic mass is 16.6. The molecule has 1 heterocycles. The number of ether oxygens (including phenoxy) is 1. The van der Waals surface area contributed by atoms with E-state index in [1.165, 1.54) is 0 Å². The predicted octanol–water partition coefficient (Wildman–Crippen LogP) is 2.66. The molecule has 5 rings (SSSR count). The first kappa shape index (κ1) is 15.6. The fraction of sp³-hybridized carbons (Fsp3) is 0.950. The van der Waals surface area contributed by atoms with Gasteiger partial charge in [0.2, 0.25) is 0 Å². The van der Waals surface area contributed by atoms with Gasteiger partial charge >= 0.3 is 5.97 Å². The van der Waals surface area contributed by atoms with E-state index in [1.807, 2.05) is 6.92 Å². The van der Waals surface area contributed by atoms with Crippen LogP contribution < -0.4 is 0 Å². The van der Waals surface area contributed by atoms with E-state index in [0.717, 1.165) is 51.4 Å². The third kappa shape index (κ3) is 1.56. The zero-order valence-electron chi connectivity index (χ0n) is 14.9. The molecule has 1 aliphatic heterocycles. The van der Waals surface area contributed by atoms with Gasteiger partial charge in [-0.1, -0.05) is 13.3 Å². The maximum Gasteiger partial charge on any atom is 0.315 e. The van der Waals surface area contributed by atoms with Crippen LogP contribution in [0.15, 0.2) is 0 Å². The maximum absolute atomic E-state index is 12.8. The summed E-state index contributed by atoms with van der Waals surface area (Å²) in [7, 11) is 0. The van der Waals surface area contributed by atoms with Gasteiger partial charge in [0.05, 0.1) is 17.6 Å². The lowest BCUT2D eigenvalue weighted by atomic mass is 9.41. The molecule has 0 aromatic carbocycles. The van der Waals surface area contributed by atoms with Crippen LogP contribution in [0.25, 0.3) is 0 Å². The Kier molecular flexibility index (Phi) is 2.85. The van der Waals surface area contributed by atoms with Crippen molar-refractivity contribution in [3.05, 3.63) is 0 Å². The van der Waals surface area contributed by atoms with Crippen molar-refractivity contribution in [3.8, 4) is 0 Å². The van der Waals surface area contributed by atoms with Gasteiger partial charge in [-0.3, -0.25) is 4.79 Å². The molecule has 1 saturated heterocycles. The molecule has 8 atom stereocenters. The lowest BCUT2D eigenvalue weighted by molar-refractivity contribution is -0.166. The number of carbonyl (C=O) groups is 1. The molecule has 24 heavy (non-hydrogen) atoms. The van der Waals surface area contributed by atoms with Crippen molar-refractivity contribution in [2.75, 3.05) is 6.61 Å². The van der Waals surface area contributed by atoms with Gasteiger partial charge in [-0.25, -0.2) is 0 Å². The van der Waals surface area contributed by atoms with E-state index in [4.69, 9.17) is 4.74 Å². The molecule has 2 bridgehead atoms. The third-order valence-corrected chi connectivity index (χ3v) is 9.15. The zero-order chi connectivity index (χ0) is 17.0. The lowest BCUT2D eigenvalue weighted by Crippen LogP contribution is -2.60. The Morgan fingerprint density at radius 1 is 1.21 bits per heavy atom. The van der Waals surface area contributed by atoms with Crippen molar-refractivity contribution in [1.29, 1.82) is 0 Å². The highest BCUT2D eigenvalue weighted by Crippen LogP contribution is 2.74. The summed E-state index contributed by atoms with van der Waals surface area (Å²) in [5.74, 6) is 0.964. The number of hydrogen-bond donors (Lipinski definition) is 2. The average Bonchev–Trinajstić information content (AvgIpc) is 2.89. The lowest BCUT2D eigenvalue weighted by Gasteiger charge is -2.62. The van der Waals surface area contributed by atoms with Gasteiger partial charge in [-0.05, 0) is 74.5 Å². The Hall–Kier alpha value is -0.610. The highest BCUT2D eigenvalue weighted by molar-refractivity contribution is 5.80. The molecular formula is C20H30O4. The standard InChI is InChI=1S/C20H30O4/c1-17-6-3-7-20(11-21)15(17)13(24-16(20)22)9-19-8-12(4-5-14(17)19)18(2,23)10-19/h12-15,21,23H,3-11H2,1-2H3/t12-,13+,14+,15+,17+,18-,19-,20+/m1/s1. The fourth-order valence-corrected chi connectivity index (χ4v) is 8.57. The van der Waals surface area contributed by atoms with E-state index in [9.17, 15) is 15.0 Å². The Balaban J connectivity index is 1.63. The number of aliphatic hydroxyl groups is 2. The summed E-state index contributed by atoms with van der Waals surface area (Å²) in [6, 6.07) is 0. The van der Waals surface area contributed by atoms with Gasteiger partial charge in [0, 0.05) is 5.92 Å². The Morgan fingerprint density at radius 2 is 2.00 bits per heavy atom. The molecule has 2 N–H and O–H groups in total. The van der Waals surface area contributed by atoms with E-state index in [0.29, 0.717) is 11.8 Å². The van der Waals surface area contributed by atoms with Crippen LogP contribution in [-0.4, -0.2) is 34.5 Å². The van der Waals surface area contributed by atoms with Gasteiger partial charge in [-0.15, -0.1) is 0 Å². The quantitative estimate of drug-likeness (QED) is 0.724. The first-order valence-corrected chi connectivity index (χ1v) is 9.82. The molecular weight excluding hydrogens is 304 g/mol. The largest absolute Gasteiger partial charge is 0.461 e. The molecule has 0 radical (unpaired) electrons. The number of aliphatic hydroxyl groups excluding tert-OH is 1. The van der Waals surface area contributed by atoms with Gasteiger partial charge in [0.1, 0.15) is 6.10 Å². The third-order valence-electron chi connectivity index (χ3n) is 9.15. The molecule has 5 aliphatic rings. The summed E-state index contributed by atoms with van der Waals surface area (Å²) in [6.07, 6.45) is 7.97. The van der Waals surface area contributed by atoms with Crippen molar-refractivity contribution in [1.82, 2.24) is 0 Å². The second kappa shape index (κ2) is 4.37. The van der Waals surface area contributed by atoms with Crippen molar-refractivity contribution in [2.24, 2.45) is 34.0 Å². The number of esters is 1. The van der Waals surface area contributed by atoms with Crippen LogP contribution in [0.4, 0.5) is 0 Å². The molecule has 4 nitrogen and oxygen atoms in total. The Morgan fingerprint density at radius 3 is 2.75 bits per heavy atom. The summed E-state index contributed by atoms with van der Waals surface area (Å²) in [5, 5.41) is 21.1. The first-order chi connectivity index (χ1) is 11.3. The molecule has 0 aromatic rings. The molecule has 4 saturated carbocycles.